The van der Waals surface area contributed by atoms with Crippen molar-refractivity contribution in [2.45, 2.75) is 13.8 Å². The van der Waals surface area contributed by atoms with Gasteiger partial charge >= 0.3 is 63.8 Å². The molecule has 1 aromatic rings. The molecule has 0 radical (unpaired) electrons. The zero-order chi connectivity index (χ0) is 21.1. The van der Waals surface area contributed by atoms with Crippen LogP contribution in [0.3, 0.4) is 0 Å². The number of hydrogen-bond donors (Lipinski definition) is 0. The third-order valence-electron chi connectivity index (χ3n) is 1.64. The third kappa shape index (κ3) is 28.0. The fourth-order valence-corrected chi connectivity index (χ4v) is 5.21. The minimum absolute atomic E-state index is 0. The molecular weight excluding hydrogens is 554 g/mol. The summed E-state index contributed by atoms with van der Waals surface area (Å²) in [5, 5.41) is 1.00. The first-order valence-corrected chi connectivity index (χ1v) is 9.33. The van der Waals surface area contributed by atoms with Gasteiger partial charge in [-0.05, 0) is 19.2 Å². The maximum atomic E-state index is 12.2. The van der Waals surface area contributed by atoms with Crippen molar-refractivity contribution in [3.8, 4) is 0 Å². The standard InChI is InChI=1S/C10H16O3P2.5CO.W/c1-3-12-15(11,13-4-2)14-10-8-6-5-7-9-10;5*1-2;/h5-9,14H,3-4H2,1-2H3;;;;;;. The predicted molar refractivity (Wildman–Crippen MR) is 84.9 cm³/mol. The van der Waals surface area contributed by atoms with Crippen LogP contribution >= 0.6 is 15.6 Å². The Bertz CT molecular complexity index is 481. The van der Waals surface area contributed by atoms with Crippen molar-refractivity contribution >= 4 is 20.9 Å². The van der Waals surface area contributed by atoms with Gasteiger partial charge in [-0.1, -0.05) is 30.3 Å². The number of rotatable bonds is 6. The van der Waals surface area contributed by atoms with Gasteiger partial charge in [-0.15, -0.1) is 0 Å². The maximum absolute atomic E-state index is 12.2. The van der Waals surface area contributed by atoms with E-state index in [4.69, 9.17) is 32.3 Å². The SMILES string of the molecule is CCOP(=O)(OCC)Pc1ccccc1.[C-]#[O+].[C-]#[O+].[C-]#[O+].[C-]#[O+].[C-]#[O+].[W]. The van der Waals surface area contributed by atoms with Crippen LogP contribution in [-0.4, -0.2) is 13.2 Å². The van der Waals surface area contributed by atoms with E-state index in [-0.39, 0.29) is 29.3 Å². The van der Waals surface area contributed by atoms with Gasteiger partial charge in [0, 0.05) is 29.3 Å². The average molecular weight is 570 g/mol. The predicted octanol–water partition coefficient (Wildman–Crippen LogP) is 2.98. The molecule has 140 valence electrons. The summed E-state index contributed by atoms with van der Waals surface area (Å²) in [6, 6.07) is 9.64. The fourth-order valence-electron chi connectivity index (χ4n) is 1.11. The summed E-state index contributed by atoms with van der Waals surface area (Å²) >= 11 is 0. The summed E-state index contributed by atoms with van der Waals surface area (Å²) in [5.41, 5.74) is 0. The fraction of sp³-hybridized carbons (Fsp3) is 0.267. The van der Waals surface area contributed by atoms with Gasteiger partial charge in [0.1, 0.15) is 0 Å². The Hall–Kier alpha value is -0.812. The van der Waals surface area contributed by atoms with Crippen molar-refractivity contribution < 1.29 is 57.9 Å². The van der Waals surface area contributed by atoms with Crippen molar-refractivity contribution in [3.63, 3.8) is 0 Å². The molecule has 1 rings (SSSR count). The van der Waals surface area contributed by atoms with Crippen molar-refractivity contribution in [1.82, 2.24) is 0 Å². The van der Waals surface area contributed by atoms with Crippen molar-refractivity contribution in [1.29, 1.82) is 0 Å². The molecule has 0 spiro atoms. The molecule has 0 aliphatic rings. The Morgan fingerprint density at radius 3 is 1.38 bits per heavy atom. The molecule has 0 saturated heterocycles. The Balaban J connectivity index is -0.0000000786. The monoisotopic (exact) mass is 570 g/mol. The summed E-state index contributed by atoms with van der Waals surface area (Å²) in [4.78, 5) is 0. The third-order valence-corrected chi connectivity index (χ3v) is 6.07. The second-order valence-corrected chi connectivity index (χ2v) is 7.44. The van der Waals surface area contributed by atoms with E-state index >= 15 is 0 Å². The second kappa shape index (κ2) is 39.3. The van der Waals surface area contributed by atoms with Crippen molar-refractivity contribution in [3.05, 3.63) is 63.6 Å². The van der Waals surface area contributed by atoms with E-state index < -0.39 is 7.28 Å². The molecule has 0 heterocycles. The van der Waals surface area contributed by atoms with Gasteiger partial charge in [0.15, 0.2) is 0 Å². The molecule has 0 aromatic heterocycles. The zero-order valence-corrected chi connectivity index (χ0v) is 18.8. The van der Waals surface area contributed by atoms with Gasteiger partial charge in [0.25, 0.3) is 0 Å². The minimum Gasteiger partial charge on any atom is 0 e. The Labute approximate surface area is 169 Å². The minimum atomic E-state index is -2.91. The summed E-state index contributed by atoms with van der Waals surface area (Å²) in [7, 11) is -2.84. The Kier molecular flexibility index (Phi) is 60.5. The topological polar surface area (TPSA) is 135 Å². The van der Waals surface area contributed by atoms with Crippen LogP contribution in [0.5, 0.6) is 0 Å². The van der Waals surface area contributed by atoms with Crippen LogP contribution in [0.15, 0.2) is 30.3 Å². The van der Waals surface area contributed by atoms with Gasteiger partial charge in [0.2, 0.25) is 0 Å². The van der Waals surface area contributed by atoms with E-state index in [0.717, 1.165) is 5.30 Å². The van der Waals surface area contributed by atoms with Crippen molar-refractivity contribution in [2.75, 3.05) is 13.2 Å². The molecule has 0 N–H and O–H groups in total. The first kappa shape index (κ1) is 40.0. The van der Waals surface area contributed by atoms with Gasteiger partial charge in [-0.25, -0.2) is 0 Å². The molecule has 1 aromatic carbocycles. The van der Waals surface area contributed by atoms with E-state index in [1.54, 1.807) is 0 Å². The summed E-state index contributed by atoms with van der Waals surface area (Å²) in [5.74, 6) is 0. The molecular formula is C15H16O8P2W. The molecule has 0 amide bonds. The van der Waals surface area contributed by atoms with E-state index in [1.165, 1.54) is 0 Å². The molecule has 26 heavy (non-hydrogen) atoms. The number of hydrogen-bond acceptors (Lipinski definition) is 3. The molecule has 0 bridgehead atoms. The zero-order valence-electron chi connectivity index (χ0n) is 13.9. The maximum Gasteiger partial charge on any atom is 0 e. The van der Waals surface area contributed by atoms with E-state index in [1.807, 2.05) is 44.2 Å². The van der Waals surface area contributed by atoms with Gasteiger partial charge < -0.3 is 9.05 Å². The van der Waals surface area contributed by atoms with Crippen LogP contribution in [0.4, 0.5) is 0 Å². The second-order valence-electron chi connectivity index (χ2n) is 2.81. The summed E-state index contributed by atoms with van der Waals surface area (Å²) < 4.78 is 60.1. The summed E-state index contributed by atoms with van der Waals surface area (Å²) in [6.45, 7) is 27.0. The molecule has 8 nitrogen and oxygen atoms in total. The Morgan fingerprint density at radius 1 is 0.808 bits per heavy atom. The molecule has 1 atom stereocenters. The van der Waals surface area contributed by atoms with Gasteiger partial charge in [0.05, 0.1) is 13.2 Å². The van der Waals surface area contributed by atoms with Crippen molar-refractivity contribution in [2.24, 2.45) is 0 Å². The van der Waals surface area contributed by atoms with Crippen LogP contribution in [0.25, 0.3) is 0 Å². The molecule has 0 fully saturated rings. The molecule has 0 aliphatic carbocycles. The van der Waals surface area contributed by atoms with Crippen LogP contribution in [0, 0.1) is 33.3 Å². The van der Waals surface area contributed by atoms with E-state index in [0.29, 0.717) is 13.2 Å². The van der Waals surface area contributed by atoms with E-state index in [2.05, 4.69) is 33.3 Å². The first-order valence-electron chi connectivity index (χ1n) is 5.94. The van der Waals surface area contributed by atoms with Gasteiger partial charge in [-0.3, -0.25) is 4.57 Å². The molecule has 0 saturated carbocycles. The van der Waals surface area contributed by atoms with Crippen LogP contribution in [0.1, 0.15) is 13.8 Å². The quantitative estimate of drug-likeness (QED) is 0.296. The first-order chi connectivity index (χ1) is 12.2. The smallest absolute Gasteiger partial charge is 0 e. The van der Waals surface area contributed by atoms with Crippen LogP contribution < -0.4 is 5.30 Å². The van der Waals surface area contributed by atoms with Crippen LogP contribution in [0.2, 0.25) is 0 Å². The summed E-state index contributed by atoms with van der Waals surface area (Å²) in [6.07, 6.45) is 0. The average Bonchev–Trinajstić information content (AvgIpc) is 2.71. The van der Waals surface area contributed by atoms with Crippen LogP contribution in [-0.2, 0) is 57.9 Å². The Morgan fingerprint density at radius 2 is 1.12 bits per heavy atom. The largest absolute Gasteiger partial charge is 0 e. The number of benzene rings is 1. The van der Waals surface area contributed by atoms with E-state index in [9.17, 15) is 4.57 Å². The van der Waals surface area contributed by atoms with Gasteiger partial charge in [-0.2, -0.15) is 0 Å². The molecule has 11 heteroatoms. The molecule has 0 aliphatic heterocycles. The normalized spacial score (nSPS) is 7.54. The molecule has 1 unspecified atom stereocenters.